The molecule has 0 aliphatic heterocycles. The number of carbonyl (C=O) groups excluding carboxylic acids is 2. The van der Waals surface area contributed by atoms with Gasteiger partial charge in [-0.25, -0.2) is 0 Å². The number of amides is 2. The van der Waals surface area contributed by atoms with Gasteiger partial charge in [-0.3, -0.25) is 14.4 Å². The van der Waals surface area contributed by atoms with Crippen LogP contribution in [0.4, 0.5) is 24.5 Å². The minimum absolute atomic E-state index is 0.249. The molecule has 2 rings (SSSR count). The van der Waals surface area contributed by atoms with E-state index in [9.17, 15) is 27.6 Å². The smallest absolute Gasteiger partial charge is 0.326 e. The number of anilines is 2. The third-order valence-corrected chi connectivity index (χ3v) is 3.11. The molecule has 2 N–H and O–H groups in total. The minimum Gasteiger partial charge on any atom is -0.326 e. The van der Waals surface area contributed by atoms with Crippen LogP contribution in [0.3, 0.4) is 0 Å². The number of pyridine rings is 1. The molecular weight excluding hydrogens is 339 g/mol. The molecule has 2 aromatic rings. The summed E-state index contributed by atoms with van der Waals surface area (Å²) in [5.74, 6) is -0.908. The van der Waals surface area contributed by atoms with Crippen molar-refractivity contribution in [2.75, 3.05) is 10.6 Å². The number of benzene rings is 1. The van der Waals surface area contributed by atoms with Gasteiger partial charge in [0.2, 0.25) is 11.8 Å². The van der Waals surface area contributed by atoms with Crippen LogP contribution >= 0.6 is 0 Å². The van der Waals surface area contributed by atoms with Crippen molar-refractivity contribution in [3.63, 3.8) is 0 Å². The Bertz CT molecular complexity index is 842. The molecule has 0 aliphatic rings. The zero-order valence-electron chi connectivity index (χ0n) is 13.1. The van der Waals surface area contributed by atoms with E-state index in [1.54, 1.807) is 12.1 Å². The van der Waals surface area contributed by atoms with E-state index in [-0.39, 0.29) is 5.91 Å². The second kappa shape index (κ2) is 7.20. The van der Waals surface area contributed by atoms with Gasteiger partial charge < -0.3 is 15.2 Å². The van der Waals surface area contributed by atoms with E-state index in [0.29, 0.717) is 28.2 Å². The van der Waals surface area contributed by atoms with Gasteiger partial charge in [0.1, 0.15) is 6.54 Å². The summed E-state index contributed by atoms with van der Waals surface area (Å²) in [5, 5.41) is 5.01. The summed E-state index contributed by atoms with van der Waals surface area (Å²) in [6.45, 7) is 0.790. The summed E-state index contributed by atoms with van der Waals surface area (Å²) < 4.78 is 38.7. The molecule has 1 heterocycles. The first-order valence-electron chi connectivity index (χ1n) is 7.10. The Morgan fingerprint density at radius 2 is 1.56 bits per heavy atom. The van der Waals surface area contributed by atoms with Crippen molar-refractivity contribution >= 4 is 23.2 Å². The van der Waals surface area contributed by atoms with Gasteiger partial charge in [-0.2, -0.15) is 13.2 Å². The summed E-state index contributed by atoms with van der Waals surface area (Å²) >= 11 is 0. The molecule has 9 heteroatoms. The molecule has 6 nitrogen and oxygen atoms in total. The first kappa shape index (κ1) is 18.2. The Hall–Kier alpha value is -3.10. The predicted octanol–water partition coefficient (Wildman–Crippen LogP) is 2.46. The Kier molecular flexibility index (Phi) is 5.26. The van der Waals surface area contributed by atoms with Crippen LogP contribution in [0, 0.1) is 0 Å². The molecule has 0 aliphatic carbocycles. The lowest BCUT2D eigenvalue weighted by Crippen LogP contribution is -2.28. The molecule has 0 bridgehead atoms. The highest BCUT2D eigenvalue weighted by Gasteiger charge is 2.31. The zero-order chi connectivity index (χ0) is 18.6. The van der Waals surface area contributed by atoms with Gasteiger partial charge in [0, 0.05) is 30.6 Å². The van der Waals surface area contributed by atoms with Crippen molar-refractivity contribution in [1.29, 1.82) is 0 Å². The van der Waals surface area contributed by atoms with E-state index in [0.717, 1.165) is 6.07 Å². The van der Waals surface area contributed by atoms with Crippen LogP contribution in [0.15, 0.2) is 47.4 Å². The summed E-state index contributed by atoms with van der Waals surface area (Å²) in [4.78, 5) is 34.5. The monoisotopic (exact) mass is 353 g/mol. The fourth-order valence-electron chi connectivity index (χ4n) is 2.02. The molecule has 0 unspecified atom stereocenters. The quantitative estimate of drug-likeness (QED) is 0.886. The van der Waals surface area contributed by atoms with Gasteiger partial charge in [-0.05, 0) is 30.3 Å². The van der Waals surface area contributed by atoms with Gasteiger partial charge in [0.25, 0.3) is 5.56 Å². The minimum atomic E-state index is -4.61. The lowest BCUT2D eigenvalue weighted by atomic mass is 10.2. The van der Waals surface area contributed by atoms with E-state index >= 15 is 0 Å². The molecule has 2 amide bonds. The van der Waals surface area contributed by atoms with E-state index in [1.807, 2.05) is 0 Å². The number of nitrogens with one attached hydrogen (secondary N) is 2. The van der Waals surface area contributed by atoms with Crippen molar-refractivity contribution in [1.82, 2.24) is 4.57 Å². The molecule has 0 saturated carbocycles. The molecule has 0 fully saturated rings. The molecular formula is C16H14F3N3O3. The van der Waals surface area contributed by atoms with E-state index in [1.165, 1.54) is 19.1 Å². The number of nitrogens with zero attached hydrogens (tertiary/aromatic N) is 1. The summed E-state index contributed by atoms with van der Waals surface area (Å²) in [7, 11) is 0. The fraction of sp³-hybridized carbons (Fsp3) is 0.188. The lowest BCUT2D eigenvalue weighted by Gasteiger charge is -2.11. The highest BCUT2D eigenvalue weighted by atomic mass is 19.4. The average molecular weight is 353 g/mol. The normalized spacial score (nSPS) is 11.0. The Morgan fingerprint density at radius 3 is 2.08 bits per heavy atom. The van der Waals surface area contributed by atoms with Crippen molar-refractivity contribution in [2.45, 2.75) is 19.6 Å². The van der Waals surface area contributed by atoms with E-state index in [2.05, 4.69) is 10.6 Å². The molecule has 0 atom stereocenters. The Morgan fingerprint density at radius 1 is 1.00 bits per heavy atom. The number of aromatic nitrogens is 1. The molecule has 1 aromatic carbocycles. The van der Waals surface area contributed by atoms with E-state index < -0.39 is 29.8 Å². The third kappa shape index (κ3) is 5.20. The SMILES string of the molecule is CC(=O)Nc1ccc(NC(=O)Cn2cc(C(F)(F)F)ccc2=O)cc1. The fourth-order valence-corrected chi connectivity index (χ4v) is 2.02. The molecule has 0 radical (unpaired) electrons. The third-order valence-electron chi connectivity index (χ3n) is 3.11. The van der Waals surface area contributed by atoms with Crippen LogP contribution in [0.25, 0.3) is 0 Å². The predicted molar refractivity (Wildman–Crippen MR) is 85.1 cm³/mol. The number of rotatable bonds is 4. The number of halogens is 3. The Labute approximate surface area is 140 Å². The van der Waals surface area contributed by atoms with E-state index in [4.69, 9.17) is 0 Å². The summed E-state index contributed by atoms with van der Waals surface area (Å²) in [6.07, 6.45) is -4.01. The molecule has 132 valence electrons. The van der Waals surface area contributed by atoms with Crippen molar-refractivity contribution in [3.05, 3.63) is 58.5 Å². The highest BCUT2D eigenvalue weighted by Crippen LogP contribution is 2.28. The van der Waals surface area contributed by atoms with Crippen LogP contribution in [0.1, 0.15) is 12.5 Å². The maximum atomic E-state index is 12.7. The maximum absolute atomic E-state index is 12.7. The topological polar surface area (TPSA) is 80.2 Å². The second-order valence-electron chi connectivity index (χ2n) is 5.19. The summed E-state index contributed by atoms with van der Waals surface area (Å²) in [6, 6.07) is 7.55. The first-order valence-corrected chi connectivity index (χ1v) is 7.10. The van der Waals surface area contributed by atoms with Gasteiger partial charge in [-0.15, -0.1) is 0 Å². The van der Waals surface area contributed by atoms with Crippen LogP contribution in [-0.4, -0.2) is 16.4 Å². The van der Waals surface area contributed by atoms with Crippen molar-refractivity contribution < 1.29 is 22.8 Å². The second-order valence-corrected chi connectivity index (χ2v) is 5.19. The van der Waals surface area contributed by atoms with Crippen LogP contribution < -0.4 is 16.2 Å². The molecule has 0 saturated heterocycles. The van der Waals surface area contributed by atoms with Crippen LogP contribution in [-0.2, 0) is 22.3 Å². The molecule has 1 aromatic heterocycles. The number of alkyl halides is 3. The number of carbonyl (C=O) groups is 2. The first-order chi connectivity index (χ1) is 11.6. The highest BCUT2D eigenvalue weighted by molar-refractivity contribution is 5.92. The van der Waals surface area contributed by atoms with Crippen LogP contribution in [0.5, 0.6) is 0 Å². The molecule has 0 spiro atoms. The summed E-state index contributed by atoms with van der Waals surface area (Å²) in [5.41, 5.74) is -0.831. The maximum Gasteiger partial charge on any atom is 0.417 e. The zero-order valence-corrected chi connectivity index (χ0v) is 13.1. The van der Waals surface area contributed by atoms with Crippen molar-refractivity contribution in [3.8, 4) is 0 Å². The average Bonchev–Trinajstić information content (AvgIpc) is 2.50. The number of hydrogen-bond acceptors (Lipinski definition) is 3. The van der Waals surface area contributed by atoms with Crippen molar-refractivity contribution in [2.24, 2.45) is 0 Å². The Balaban J connectivity index is 2.07. The molecule has 25 heavy (non-hydrogen) atoms. The lowest BCUT2D eigenvalue weighted by molar-refractivity contribution is -0.138. The van der Waals surface area contributed by atoms with Gasteiger partial charge >= 0.3 is 6.18 Å². The van der Waals surface area contributed by atoms with Gasteiger partial charge in [0.05, 0.1) is 5.56 Å². The standard InChI is InChI=1S/C16H14F3N3O3/c1-10(23)20-12-3-5-13(6-4-12)21-14(24)9-22-8-11(16(17,18)19)2-7-15(22)25/h2-8H,9H2,1H3,(H,20,23)(H,21,24). The van der Waals surface area contributed by atoms with Gasteiger partial charge in [0.15, 0.2) is 0 Å². The largest absolute Gasteiger partial charge is 0.417 e. The number of hydrogen-bond donors (Lipinski definition) is 2. The van der Waals surface area contributed by atoms with Gasteiger partial charge in [-0.1, -0.05) is 0 Å². The van der Waals surface area contributed by atoms with Crippen LogP contribution in [0.2, 0.25) is 0 Å².